The Kier molecular flexibility index (Phi) is 3.08. The highest BCUT2D eigenvalue weighted by atomic mass is 79.9. The van der Waals surface area contributed by atoms with Crippen LogP contribution in [0.5, 0.6) is 0 Å². The van der Waals surface area contributed by atoms with Crippen LogP contribution in [0.25, 0.3) is 0 Å². The molecule has 0 radical (unpaired) electrons. The van der Waals surface area contributed by atoms with Crippen LogP contribution in [0.3, 0.4) is 0 Å². The maximum absolute atomic E-state index is 13.2. The molecule has 2 rings (SSSR count). The zero-order valence-electron chi connectivity index (χ0n) is 8.21. The molecule has 1 aromatic rings. The van der Waals surface area contributed by atoms with Crippen molar-refractivity contribution in [2.45, 2.75) is 11.8 Å². The number of hydrogen-bond donors (Lipinski definition) is 1. The van der Waals surface area contributed by atoms with Crippen LogP contribution in [-0.4, -0.2) is 17.8 Å². The van der Waals surface area contributed by atoms with Gasteiger partial charge in [-0.05, 0) is 28.1 Å². The molecule has 1 fully saturated rings. The van der Waals surface area contributed by atoms with E-state index in [4.69, 9.17) is 17.3 Å². The fourth-order valence-corrected chi connectivity index (χ4v) is 2.38. The predicted molar refractivity (Wildman–Crippen MR) is 65.1 cm³/mol. The van der Waals surface area contributed by atoms with Gasteiger partial charge in [-0.15, -0.1) is 11.6 Å². The first-order valence-corrected chi connectivity index (χ1v) is 5.91. The Morgan fingerprint density at radius 1 is 1.56 bits per heavy atom. The molecule has 3 nitrogen and oxygen atoms in total. The topological polar surface area (TPSA) is 46.3 Å². The number of nitrogens with zero attached hydrogens (tertiary/aromatic N) is 1. The number of alkyl halides is 1. The molecule has 86 valence electrons. The van der Waals surface area contributed by atoms with Crippen molar-refractivity contribution in [2.24, 2.45) is 0 Å². The average Bonchev–Trinajstić information content (AvgIpc) is 2.51. The van der Waals surface area contributed by atoms with E-state index >= 15 is 0 Å². The van der Waals surface area contributed by atoms with E-state index in [-0.39, 0.29) is 17.7 Å². The van der Waals surface area contributed by atoms with Crippen LogP contribution in [-0.2, 0) is 4.79 Å². The van der Waals surface area contributed by atoms with Gasteiger partial charge in [-0.3, -0.25) is 4.79 Å². The summed E-state index contributed by atoms with van der Waals surface area (Å²) < 4.78 is 13.7. The molecule has 0 spiro atoms. The number of halogens is 3. The van der Waals surface area contributed by atoms with E-state index in [0.29, 0.717) is 22.4 Å². The van der Waals surface area contributed by atoms with Crippen LogP contribution in [0.4, 0.5) is 15.8 Å². The first-order chi connectivity index (χ1) is 7.49. The summed E-state index contributed by atoms with van der Waals surface area (Å²) in [4.78, 5) is 13.0. The Balaban J connectivity index is 2.44. The highest BCUT2D eigenvalue weighted by Crippen LogP contribution is 2.34. The van der Waals surface area contributed by atoms with Crippen LogP contribution >= 0.6 is 27.5 Å². The van der Waals surface area contributed by atoms with Gasteiger partial charge < -0.3 is 10.6 Å². The van der Waals surface area contributed by atoms with Crippen molar-refractivity contribution in [1.29, 1.82) is 0 Å². The maximum atomic E-state index is 13.2. The molecule has 6 heteroatoms. The minimum absolute atomic E-state index is 0.135. The van der Waals surface area contributed by atoms with Crippen LogP contribution < -0.4 is 10.6 Å². The second-order valence-electron chi connectivity index (χ2n) is 3.63. The number of carbonyl (C=O) groups excluding carboxylic acids is 1. The van der Waals surface area contributed by atoms with Crippen molar-refractivity contribution >= 4 is 44.8 Å². The van der Waals surface area contributed by atoms with Crippen LogP contribution in [0, 0.1) is 5.82 Å². The third-order valence-corrected chi connectivity index (χ3v) is 3.39. The summed E-state index contributed by atoms with van der Waals surface area (Å²) in [5, 5.41) is -0.242. The second kappa shape index (κ2) is 4.22. The summed E-state index contributed by atoms with van der Waals surface area (Å²) in [5.41, 5.74) is 6.51. The van der Waals surface area contributed by atoms with Gasteiger partial charge in [0.25, 0.3) is 0 Å². The molecule has 16 heavy (non-hydrogen) atoms. The number of hydrogen-bond acceptors (Lipinski definition) is 2. The number of rotatable bonds is 1. The first-order valence-electron chi connectivity index (χ1n) is 4.68. The van der Waals surface area contributed by atoms with Crippen LogP contribution in [0.15, 0.2) is 16.6 Å². The number of nitrogen functional groups attached to an aromatic ring is 1. The molecule has 0 aliphatic carbocycles. The van der Waals surface area contributed by atoms with E-state index in [0.717, 1.165) is 0 Å². The first kappa shape index (κ1) is 11.7. The molecule has 1 aliphatic rings. The molecule has 1 amide bonds. The van der Waals surface area contributed by atoms with Gasteiger partial charge in [0.15, 0.2) is 0 Å². The molecule has 1 unspecified atom stereocenters. The number of amides is 1. The van der Waals surface area contributed by atoms with Gasteiger partial charge in [-0.2, -0.15) is 0 Å². The molecule has 1 aliphatic heterocycles. The standard InChI is InChI=1S/C10H9BrClFN2O/c11-7-2-6(13)3-8(10(7)14)15-4-5(12)1-9(15)16/h2-3,5H,1,4,14H2. The summed E-state index contributed by atoms with van der Waals surface area (Å²) >= 11 is 9.02. The largest absolute Gasteiger partial charge is 0.396 e. The monoisotopic (exact) mass is 306 g/mol. The highest BCUT2D eigenvalue weighted by molar-refractivity contribution is 9.10. The van der Waals surface area contributed by atoms with Crippen LogP contribution in [0.2, 0.25) is 0 Å². The lowest BCUT2D eigenvalue weighted by molar-refractivity contribution is -0.117. The molecule has 1 heterocycles. The Labute approximate surface area is 105 Å². The van der Waals surface area contributed by atoms with Crippen molar-refractivity contribution in [2.75, 3.05) is 17.2 Å². The molecular formula is C10H9BrClFN2O. The normalized spacial score (nSPS) is 20.6. The van der Waals surface area contributed by atoms with Gasteiger partial charge in [0.2, 0.25) is 5.91 Å². The van der Waals surface area contributed by atoms with E-state index in [1.165, 1.54) is 17.0 Å². The zero-order valence-corrected chi connectivity index (χ0v) is 10.6. The van der Waals surface area contributed by atoms with E-state index in [2.05, 4.69) is 15.9 Å². The van der Waals surface area contributed by atoms with Crippen molar-refractivity contribution in [1.82, 2.24) is 0 Å². The number of anilines is 2. The number of nitrogens with two attached hydrogens (primary N) is 1. The lowest BCUT2D eigenvalue weighted by atomic mass is 10.2. The zero-order chi connectivity index (χ0) is 11.9. The van der Waals surface area contributed by atoms with Crippen LogP contribution in [0.1, 0.15) is 6.42 Å². The van der Waals surface area contributed by atoms with Gasteiger partial charge in [0, 0.05) is 17.4 Å². The molecule has 2 N–H and O–H groups in total. The summed E-state index contributed by atoms with van der Waals surface area (Å²) in [6.07, 6.45) is 0.259. The Morgan fingerprint density at radius 3 is 2.81 bits per heavy atom. The Hall–Kier alpha value is -0.810. The lowest BCUT2D eigenvalue weighted by Gasteiger charge is -2.18. The van der Waals surface area contributed by atoms with Gasteiger partial charge in [0.05, 0.1) is 16.8 Å². The average molecular weight is 308 g/mol. The summed E-state index contributed by atoms with van der Waals surface area (Å²) in [5.74, 6) is -0.578. The quantitative estimate of drug-likeness (QED) is 0.640. The predicted octanol–water partition coefficient (Wildman–Crippen LogP) is 2.51. The highest BCUT2D eigenvalue weighted by Gasteiger charge is 2.30. The molecular weight excluding hydrogens is 298 g/mol. The van der Waals surface area contributed by atoms with Crippen molar-refractivity contribution < 1.29 is 9.18 Å². The lowest BCUT2D eigenvalue weighted by Crippen LogP contribution is -2.25. The van der Waals surface area contributed by atoms with Crippen molar-refractivity contribution in [3.63, 3.8) is 0 Å². The van der Waals surface area contributed by atoms with Gasteiger partial charge in [-0.1, -0.05) is 0 Å². The fourth-order valence-electron chi connectivity index (χ4n) is 1.69. The summed E-state index contributed by atoms with van der Waals surface area (Å²) in [6, 6.07) is 2.50. The third-order valence-electron chi connectivity index (χ3n) is 2.44. The molecule has 0 aromatic heterocycles. The summed E-state index contributed by atoms with van der Waals surface area (Å²) in [6.45, 7) is 0.362. The molecule has 0 saturated carbocycles. The number of benzene rings is 1. The molecule has 1 aromatic carbocycles. The van der Waals surface area contributed by atoms with Gasteiger partial charge in [0.1, 0.15) is 5.82 Å². The van der Waals surface area contributed by atoms with Crippen molar-refractivity contribution in [3.05, 3.63) is 22.4 Å². The summed E-state index contributed by atoms with van der Waals surface area (Å²) in [7, 11) is 0. The molecule has 0 bridgehead atoms. The Morgan fingerprint density at radius 2 is 2.25 bits per heavy atom. The third kappa shape index (κ3) is 2.01. The smallest absolute Gasteiger partial charge is 0.228 e. The van der Waals surface area contributed by atoms with E-state index in [1.54, 1.807) is 0 Å². The molecule has 1 saturated heterocycles. The maximum Gasteiger partial charge on any atom is 0.228 e. The van der Waals surface area contributed by atoms with Gasteiger partial charge >= 0.3 is 0 Å². The van der Waals surface area contributed by atoms with E-state index in [9.17, 15) is 9.18 Å². The second-order valence-corrected chi connectivity index (χ2v) is 5.10. The SMILES string of the molecule is Nc1c(Br)cc(F)cc1N1CC(Cl)CC1=O. The van der Waals surface area contributed by atoms with E-state index in [1.807, 2.05) is 0 Å². The minimum atomic E-state index is -0.443. The minimum Gasteiger partial charge on any atom is -0.396 e. The number of carbonyl (C=O) groups is 1. The van der Waals surface area contributed by atoms with Gasteiger partial charge in [-0.25, -0.2) is 4.39 Å². The Bertz CT molecular complexity index is 455. The van der Waals surface area contributed by atoms with E-state index < -0.39 is 5.82 Å². The molecule has 1 atom stereocenters. The van der Waals surface area contributed by atoms with Crippen molar-refractivity contribution in [3.8, 4) is 0 Å². The fraction of sp³-hybridized carbons (Fsp3) is 0.300.